The number of halogens is 1. The van der Waals surface area contributed by atoms with Crippen LogP contribution in [0.3, 0.4) is 0 Å². The van der Waals surface area contributed by atoms with E-state index in [0.717, 1.165) is 0 Å². The van der Waals surface area contributed by atoms with Gasteiger partial charge in [0.1, 0.15) is 6.10 Å². The highest BCUT2D eigenvalue weighted by atomic mass is 127. The van der Waals surface area contributed by atoms with Crippen LogP contribution in [0.4, 0.5) is 0 Å². The first kappa shape index (κ1) is 12.5. The normalized spacial score (nSPS) is 42.6. The lowest BCUT2D eigenvalue weighted by molar-refractivity contribution is -0.163. The number of methoxy groups -OCH3 is 2. The summed E-state index contributed by atoms with van der Waals surface area (Å²) < 4.78 is 15.5. The number of aliphatic hydroxyl groups excluding tert-OH is 1. The molecule has 1 saturated carbocycles. The molecule has 0 aromatic heterocycles. The van der Waals surface area contributed by atoms with Gasteiger partial charge in [-0.1, -0.05) is 22.6 Å². The van der Waals surface area contributed by atoms with Crippen LogP contribution in [-0.4, -0.2) is 47.7 Å². The van der Waals surface area contributed by atoms with Crippen molar-refractivity contribution in [1.82, 2.24) is 0 Å². The number of ether oxygens (including phenoxy) is 3. The second-order valence-electron chi connectivity index (χ2n) is 4.17. The zero-order chi connectivity index (χ0) is 11.9. The van der Waals surface area contributed by atoms with Crippen molar-refractivity contribution in [2.45, 2.75) is 28.8 Å². The summed E-state index contributed by atoms with van der Waals surface area (Å²) in [7, 11) is 3.07. The third-order valence-corrected chi connectivity index (χ3v) is 4.85. The fourth-order valence-electron chi connectivity index (χ4n) is 2.69. The van der Waals surface area contributed by atoms with Crippen molar-refractivity contribution in [1.29, 1.82) is 0 Å². The van der Waals surface area contributed by atoms with Gasteiger partial charge in [-0.3, -0.25) is 4.79 Å². The van der Waals surface area contributed by atoms with Gasteiger partial charge < -0.3 is 19.3 Å². The minimum absolute atomic E-state index is 0.00528. The van der Waals surface area contributed by atoms with E-state index in [-0.39, 0.29) is 27.8 Å². The summed E-state index contributed by atoms with van der Waals surface area (Å²) in [6.07, 6.45) is -0.916. The molecule has 0 amide bonds. The molecule has 0 aromatic carbocycles. The van der Waals surface area contributed by atoms with Gasteiger partial charge in [-0.2, -0.15) is 0 Å². The lowest BCUT2D eigenvalue weighted by Crippen LogP contribution is -2.36. The van der Waals surface area contributed by atoms with Crippen molar-refractivity contribution in [3.63, 3.8) is 0 Å². The Bertz CT molecular complexity index is 278. The summed E-state index contributed by atoms with van der Waals surface area (Å²) in [5, 5.41) is 10.1. The van der Waals surface area contributed by atoms with E-state index >= 15 is 0 Å². The molecule has 92 valence electrons. The maximum absolute atomic E-state index is 11.3. The average molecular weight is 342 g/mol. The zero-order valence-corrected chi connectivity index (χ0v) is 11.3. The fraction of sp³-hybridized carbons (Fsp3) is 0.900. The van der Waals surface area contributed by atoms with Crippen LogP contribution < -0.4 is 0 Å². The molecule has 0 unspecified atom stereocenters. The van der Waals surface area contributed by atoms with Crippen molar-refractivity contribution >= 4 is 28.6 Å². The number of hydrogen-bond donors (Lipinski definition) is 1. The third kappa shape index (κ3) is 1.85. The van der Waals surface area contributed by atoms with E-state index in [9.17, 15) is 9.90 Å². The number of carbonyl (C=O) groups excluding carboxylic acids is 1. The molecule has 1 saturated heterocycles. The van der Waals surface area contributed by atoms with E-state index < -0.39 is 12.4 Å². The number of hydrogen-bond acceptors (Lipinski definition) is 5. The molecule has 0 bridgehead atoms. The molecule has 2 fully saturated rings. The third-order valence-electron chi connectivity index (χ3n) is 3.40. The Morgan fingerprint density at radius 3 is 2.69 bits per heavy atom. The Morgan fingerprint density at radius 2 is 2.12 bits per heavy atom. The number of aliphatic hydroxyl groups is 1. The first-order chi connectivity index (χ1) is 7.60. The maximum atomic E-state index is 11.3. The van der Waals surface area contributed by atoms with Crippen LogP contribution in [0.5, 0.6) is 0 Å². The monoisotopic (exact) mass is 342 g/mol. The van der Waals surface area contributed by atoms with Crippen LogP contribution >= 0.6 is 22.6 Å². The van der Waals surface area contributed by atoms with Crippen LogP contribution in [0.25, 0.3) is 0 Å². The first-order valence-electron chi connectivity index (χ1n) is 5.17. The fourth-order valence-corrected chi connectivity index (χ4v) is 3.84. The molecule has 0 radical (unpaired) electrons. The standard InChI is InChI=1S/C10H15IO5/c1-14-10(15-2)6-4-3-5(12)16-9(4)7(11)8(6)13/h4,6-10,13H,3H2,1-2H3/t4-,6-,7-,8+,9-/m0/s1. The Balaban J connectivity index is 2.20. The van der Waals surface area contributed by atoms with Gasteiger partial charge >= 0.3 is 5.97 Å². The Labute approximate surface area is 108 Å². The van der Waals surface area contributed by atoms with Crippen molar-refractivity contribution in [2.24, 2.45) is 11.8 Å². The molecule has 5 nitrogen and oxygen atoms in total. The number of esters is 1. The van der Waals surface area contributed by atoms with Gasteiger partial charge in [0.2, 0.25) is 0 Å². The molecule has 1 aliphatic heterocycles. The van der Waals surface area contributed by atoms with E-state index in [0.29, 0.717) is 6.42 Å². The van der Waals surface area contributed by atoms with Gasteiger partial charge in [0.05, 0.1) is 16.4 Å². The summed E-state index contributed by atoms with van der Waals surface area (Å²) >= 11 is 2.13. The first-order valence-corrected chi connectivity index (χ1v) is 6.42. The lowest BCUT2D eigenvalue weighted by atomic mass is 9.91. The molecule has 1 N–H and O–H groups in total. The topological polar surface area (TPSA) is 65.0 Å². The smallest absolute Gasteiger partial charge is 0.306 e. The second-order valence-corrected chi connectivity index (χ2v) is 5.61. The van der Waals surface area contributed by atoms with Crippen molar-refractivity contribution in [3.05, 3.63) is 0 Å². The summed E-state index contributed by atoms with van der Waals surface area (Å²) in [5.74, 6) is -0.401. The van der Waals surface area contributed by atoms with E-state index in [1.807, 2.05) is 0 Å². The molecule has 6 heteroatoms. The quantitative estimate of drug-likeness (QED) is 0.347. The minimum atomic E-state index is -0.561. The molecule has 2 rings (SSSR count). The zero-order valence-electron chi connectivity index (χ0n) is 9.13. The number of rotatable bonds is 3. The van der Waals surface area contributed by atoms with Crippen molar-refractivity contribution < 1.29 is 24.1 Å². The van der Waals surface area contributed by atoms with Gasteiger partial charge in [-0.05, 0) is 0 Å². The predicted molar refractivity (Wildman–Crippen MR) is 63.1 cm³/mol. The molecule has 2 aliphatic rings. The molecule has 5 atom stereocenters. The highest BCUT2D eigenvalue weighted by molar-refractivity contribution is 14.1. The second kappa shape index (κ2) is 4.75. The highest BCUT2D eigenvalue weighted by Gasteiger charge is 2.57. The number of alkyl halides is 1. The largest absolute Gasteiger partial charge is 0.461 e. The van der Waals surface area contributed by atoms with Crippen LogP contribution in [0.15, 0.2) is 0 Å². The molecule has 0 aromatic rings. The summed E-state index contributed by atoms with van der Waals surface area (Å²) in [4.78, 5) is 11.3. The van der Waals surface area contributed by atoms with Crippen LogP contribution in [0, 0.1) is 11.8 Å². The Morgan fingerprint density at radius 1 is 1.50 bits per heavy atom. The van der Waals surface area contributed by atoms with E-state index in [1.54, 1.807) is 0 Å². The van der Waals surface area contributed by atoms with E-state index in [4.69, 9.17) is 14.2 Å². The molecule has 1 aliphatic carbocycles. The Kier molecular flexibility index (Phi) is 3.72. The minimum Gasteiger partial charge on any atom is -0.461 e. The van der Waals surface area contributed by atoms with Gasteiger partial charge in [-0.25, -0.2) is 0 Å². The summed E-state index contributed by atoms with van der Waals surface area (Å²) in [6, 6.07) is 0. The van der Waals surface area contributed by atoms with Crippen LogP contribution in [0.2, 0.25) is 0 Å². The van der Waals surface area contributed by atoms with Crippen LogP contribution in [0.1, 0.15) is 6.42 Å². The molecule has 0 spiro atoms. The maximum Gasteiger partial charge on any atom is 0.306 e. The van der Waals surface area contributed by atoms with Gasteiger partial charge in [0.15, 0.2) is 6.29 Å². The molecular formula is C10H15IO5. The predicted octanol–water partition coefficient (Wildman–Crippen LogP) is 0.331. The van der Waals surface area contributed by atoms with Gasteiger partial charge in [0, 0.05) is 26.1 Å². The summed E-state index contributed by atoms with van der Waals surface area (Å²) in [6.45, 7) is 0. The van der Waals surface area contributed by atoms with Gasteiger partial charge in [-0.15, -0.1) is 0 Å². The van der Waals surface area contributed by atoms with Crippen LogP contribution in [-0.2, 0) is 19.0 Å². The van der Waals surface area contributed by atoms with Gasteiger partial charge in [0.25, 0.3) is 0 Å². The Hall–Kier alpha value is 0.0800. The SMILES string of the molecule is COC(OC)[C@@H]1[C@@H](O)[C@H](I)[C@H]2OC(=O)C[C@H]21. The van der Waals surface area contributed by atoms with E-state index in [1.165, 1.54) is 14.2 Å². The van der Waals surface area contributed by atoms with Crippen molar-refractivity contribution in [2.75, 3.05) is 14.2 Å². The average Bonchev–Trinajstić information content (AvgIpc) is 2.73. The van der Waals surface area contributed by atoms with E-state index in [2.05, 4.69) is 22.6 Å². The molecule has 16 heavy (non-hydrogen) atoms. The summed E-state index contributed by atoms with van der Waals surface area (Å²) in [5.41, 5.74) is 0. The molecular weight excluding hydrogens is 327 g/mol. The molecule has 1 heterocycles. The number of carbonyl (C=O) groups is 1. The number of fused-ring (bicyclic) bond motifs is 1. The van der Waals surface area contributed by atoms with Crippen molar-refractivity contribution in [3.8, 4) is 0 Å². The highest BCUT2D eigenvalue weighted by Crippen LogP contribution is 2.46. The lowest BCUT2D eigenvalue weighted by Gasteiger charge is -2.26.